The number of anilines is 1. The van der Waals surface area contributed by atoms with E-state index in [2.05, 4.69) is 21.2 Å². The van der Waals surface area contributed by atoms with Crippen LogP contribution in [0, 0.1) is 5.82 Å². The van der Waals surface area contributed by atoms with Gasteiger partial charge in [0.1, 0.15) is 5.82 Å². The van der Waals surface area contributed by atoms with Gasteiger partial charge in [0.15, 0.2) is 0 Å². The summed E-state index contributed by atoms with van der Waals surface area (Å²) >= 11 is 3.05. The SMILES string of the molecule is CCCCC(N)C(=O)Nc1ccc(Br)c(F)c1. The number of unbranched alkanes of at least 4 members (excludes halogenated alkanes) is 1. The van der Waals surface area contributed by atoms with E-state index in [1.54, 1.807) is 12.1 Å². The number of amides is 1. The van der Waals surface area contributed by atoms with Crippen LogP contribution in [0.2, 0.25) is 0 Å². The van der Waals surface area contributed by atoms with Gasteiger partial charge in [-0.2, -0.15) is 0 Å². The third-order valence-electron chi connectivity index (χ3n) is 2.39. The molecular weight excluding hydrogens is 287 g/mol. The Balaban J connectivity index is 2.58. The first kappa shape index (κ1) is 14.1. The zero-order chi connectivity index (χ0) is 12.8. The van der Waals surface area contributed by atoms with Crippen molar-refractivity contribution in [2.45, 2.75) is 32.2 Å². The Bertz CT molecular complexity index is 398. The summed E-state index contributed by atoms with van der Waals surface area (Å²) in [6.45, 7) is 2.04. The number of hydrogen-bond acceptors (Lipinski definition) is 2. The topological polar surface area (TPSA) is 55.1 Å². The van der Waals surface area contributed by atoms with Gasteiger partial charge in [-0.05, 0) is 40.5 Å². The highest BCUT2D eigenvalue weighted by Crippen LogP contribution is 2.19. The van der Waals surface area contributed by atoms with Gasteiger partial charge < -0.3 is 11.1 Å². The molecule has 1 atom stereocenters. The lowest BCUT2D eigenvalue weighted by Crippen LogP contribution is -2.35. The van der Waals surface area contributed by atoms with E-state index in [0.29, 0.717) is 16.6 Å². The van der Waals surface area contributed by atoms with E-state index in [-0.39, 0.29) is 5.91 Å². The first-order valence-electron chi connectivity index (χ1n) is 5.56. The Morgan fingerprint density at radius 3 is 2.88 bits per heavy atom. The van der Waals surface area contributed by atoms with Crippen LogP contribution in [-0.2, 0) is 4.79 Å². The van der Waals surface area contributed by atoms with Gasteiger partial charge in [-0.25, -0.2) is 4.39 Å². The number of carbonyl (C=O) groups is 1. The van der Waals surface area contributed by atoms with Crippen LogP contribution in [-0.4, -0.2) is 11.9 Å². The fraction of sp³-hybridized carbons (Fsp3) is 0.417. The predicted octanol–water partition coefficient (Wildman–Crippen LogP) is 3.04. The lowest BCUT2D eigenvalue weighted by atomic mass is 10.1. The molecule has 1 aromatic carbocycles. The van der Waals surface area contributed by atoms with Crippen molar-refractivity contribution in [2.24, 2.45) is 5.73 Å². The van der Waals surface area contributed by atoms with E-state index < -0.39 is 11.9 Å². The van der Waals surface area contributed by atoms with Gasteiger partial charge in [0.2, 0.25) is 5.91 Å². The van der Waals surface area contributed by atoms with Crippen LogP contribution in [0.3, 0.4) is 0 Å². The Morgan fingerprint density at radius 1 is 1.59 bits per heavy atom. The van der Waals surface area contributed by atoms with Crippen molar-refractivity contribution in [2.75, 3.05) is 5.32 Å². The first-order chi connectivity index (χ1) is 8.04. The highest BCUT2D eigenvalue weighted by molar-refractivity contribution is 9.10. The van der Waals surface area contributed by atoms with Crippen LogP contribution in [0.15, 0.2) is 22.7 Å². The molecule has 0 saturated heterocycles. The second-order valence-corrected chi connectivity index (χ2v) is 4.72. The fourth-order valence-corrected chi connectivity index (χ4v) is 1.61. The fourth-order valence-electron chi connectivity index (χ4n) is 1.36. The second-order valence-electron chi connectivity index (χ2n) is 3.87. The van der Waals surface area contributed by atoms with E-state index in [1.807, 2.05) is 6.92 Å². The molecule has 17 heavy (non-hydrogen) atoms. The minimum atomic E-state index is -0.540. The van der Waals surface area contributed by atoms with Gasteiger partial charge in [-0.1, -0.05) is 19.8 Å². The third-order valence-corrected chi connectivity index (χ3v) is 3.04. The Kier molecular flexibility index (Phi) is 5.58. The van der Waals surface area contributed by atoms with E-state index in [9.17, 15) is 9.18 Å². The molecule has 3 N–H and O–H groups in total. The molecule has 3 nitrogen and oxygen atoms in total. The summed E-state index contributed by atoms with van der Waals surface area (Å²) in [6, 6.07) is 3.89. The van der Waals surface area contributed by atoms with Gasteiger partial charge >= 0.3 is 0 Å². The normalized spacial score (nSPS) is 12.2. The number of nitrogens with two attached hydrogens (primary N) is 1. The van der Waals surface area contributed by atoms with Crippen LogP contribution in [0.5, 0.6) is 0 Å². The molecule has 1 rings (SSSR count). The Morgan fingerprint density at radius 2 is 2.29 bits per heavy atom. The number of benzene rings is 1. The number of nitrogens with one attached hydrogen (secondary N) is 1. The number of halogens is 2. The quantitative estimate of drug-likeness (QED) is 0.878. The zero-order valence-electron chi connectivity index (χ0n) is 9.67. The predicted molar refractivity (Wildman–Crippen MR) is 70.2 cm³/mol. The summed E-state index contributed by atoms with van der Waals surface area (Å²) < 4.78 is 13.6. The summed E-state index contributed by atoms with van der Waals surface area (Å²) in [5.41, 5.74) is 6.12. The monoisotopic (exact) mass is 302 g/mol. The van der Waals surface area contributed by atoms with Crippen LogP contribution in [0.1, 0.15) is 26.2 Å². The lowest BCUT2D eigenvalue weighted by molar-refractivity contribution is -0.117. The Labute approximate surface area is 109 Å². The van der Waals surface area contributed by atoms with E-state index in [1.165, 1.54) is 6.07 Å². The van der Waals surface area contributed by atoms with Crippen molar-refractivity contribution >= 4 is 27.5 Å². The van der Waals surface area contributed by atoms with Crippen molar-refractivity contribution in [3.8, 4) is 0 Å². The highest BCUT2D eigenvalue weighted by atomic mass is 79.9. The van der Waals surface area contributed by atoms with E-state index >= 15 is 0 Å². The molecule has 0 spiro atoms. The van der Waals surface area contributed by atoms with Gasteiger partial charge in [-0.3, -0.25) is 4.79 Å². The molecule has 1 unspecified atom stereocenters. The molecular formula is C12H16BrFN2O. The van der Waals surface area contributed by atoms with Gasteiger partial charge in [0.05, 0.1) is 10.5 Å². The van der Waals surface area contributed by atoms with Crippen molar-refractivity contribution in [1.29, 1.82) is 0 Å². The van der Waals surface area contributed by atoms with Crippen molar-refractivity contribution in [3.05, 3.63) is 28.5 Å². The number of hydrogen-bond donors (Lipinski definition) is 2. The molecule has 0 aromatic heterocycles. The van der Waals surface area contributed by atoms with Gasteiger partial charge in [-0.15, -0.1) is 0 Å². The largest absolute Gasteiger partial charge is 0.325 e. The summed E-state index contributed by atoms with van der Waals surface area (Å²) in [5.74, 6) is -0.690. The molecule has 0 heterocycles. The summed E-state index contributed by atoms with van der Waals surface area (Å²) in [6.07, 6.45) is 2.54. The minimum absolute atomic E-state index is 0.278. The first-order valence-corrected chi connectivity index (χ1v) is 6.35. The van der Waals surface area contributed by atoms with E-state index in [0.717, 1.165) is 12.8 Å². The molecule has 0 fully saturated rings. The molecule has 0 aliphatic rings. The molecule has 1 aromatic rings. The maximum Gasteiger partial charge on any atom is 0.241 e. The van der Waals surface area contributed by atoms with Crippen LogP contribution >= 0.6 is 15.9 Å². The maximum atomic E-state index is 13.2. The molecule has 94 valence electrons. The van der Waals surface area contributed by atoms with Crippen LogP contribution < -0.4 is 11.1 Å². The Hall–Kier alpha value is -0.940. The second kappa shape index (κ2) is 6.71. The lowest BCUT2D eigenvalue weighted by Gasteiger charge is -2.11. The minimum Gasteiger partial charge on any atom is -0.325 e. The zero-order valence-corrected chi connectivity index (χ0v) is 11.3. The smallest absolute Gasteiger partial charge is 0.241 e. The molecule has 0 radical (unpaired) electrons. The maximum absolute atomic E-state index is 13.2. The third kappa shape index (κ3) is 4.44. The standard InChI is InChI=1S/C12H16BrFN2O/c1-2-3-4-11(15)12(17)16-8-5-6-9(13)10(14)7-8/h5-7,11H,2-4,15H2,1H3,(H,16,17). The van der Waals surface area contributed by atoms with Crippen LogP contribution in [0.25, 0.3) is 0 Å². The molecule has 0 bridgehead atoms. The van der Waals surface area contributed by atoms with Crippen molar-refractivity contribution < 1.29 is 9.18 Å². The molecule has 0 aliphatic heterocycles. The molecule has 5 heteroatoms. The van der Waals surface area contributed by atoms with Crippen LogP contribution in [0.4, 0.5) is 10.1 Å². The number of rotatable bonds is 5. The van der Waals surface area contributed by atoms with Gasteiger partial charge in [0, 0.05) is 5.69 Å². The number of carbonyl (C=O) groups excluding carboxylic acids is 1. The highest BCUT2D eigenvalue weighted by Gasteiger charge is 2.13. The molecule has 0 saturated carbocycles. The average molecular weight is 303 g/mol. The summed E-state index contributed by atoms with van der Waals surface area (Å²) in [7, 11) is 0. The molecule has 0 aliphatic carbocycles. The van der Waals surface area contributed by atoms with E-state index in [4.69, 9.17) is 5.73 Å². The molecule has 1 amide bonds. The van der Waals surface area contributed by atoms with Gasteiger partial charge in [0.25, 0.3) is 0 Å². The van der Waals surface area contributed by atoms with Crippen molar-refractivity contribution in [3.63, 3.8) is 0 Å². The summed E-state index contributed by atoms with van der Waals surface area (Å²) in [4.78, 5) is 11.6. The summed E-state index contributed by atoms with van der Waals surface area (Å²) in [5, 5.41) is 2.59. The van der Waals surface area contributed by atoms with Crippen molar-refractivity contribution in [1.82, 2.24) is 0 Å². The average Bonchev–Trinajstić information content (AvgIpc) is 2.30.